The summed E-state index contributed by atoms with van der Waals surface area (Å²) in [5.74, 6) is -0.404. The lowest BCUT2D eigenvalue weighted by molar-refractivity contribution is -0.353. The first-order valence-electron chi connectivity index (χ1n) is 15.0. The standard InChI is InChI=1S/C33H33NO13/c1-10-8-9-14-18-16(10)31(41)46-28-17-13(24(37)20(19(18)28)21(34)25(14)38)6-5-7-15(17)45-33-30(26(39)22(35)11(2)44-33)47-32-27(40)29(42-4)23(36)12(3)43-32/h5-9,11-12,22-23,26-27,29-30,32-37,39-40H,1-4H3/t11-,12+,22-,23-,26+,27+,29+,30-,32+,33+/m1/s1. The molecule has 3 heterocycles. The summed E-state index contributed by atoms with van der Waals surface area (Å²) in [4.78, 5) is 26.7. The summed E-state index contributed by atoms with van der Waals surface area (Å²) in [5.41, 5.74) is -0.907. The molecule has 0 unspecified atom stereocenters. The molecule has 6 N–H and O–H groups in total. The smallest absolute Gasteiger partial charge is 0.344 e. The van der Waals surface area contributed by atoms with Crippen LogP contribution in [0.2, 0.25) is 0 Å². The Kier molecular flexibility index (Phi) is 7.61. The van der Waals surface area contributed by atoms with Crippen LogP contribution in [-0.2, 0) is 18.9 Å². The van der Waals surface area contributed by atoms with E-state index >= 15 is 0 Å². The summed E-state index contributed by atoms with van der Waals surface area (Å²) in [6.45, 7) is 4.74. The van der Waals surface area contributed by atoms with Crippen molar-refractivity contribution in [1.29, 1.82) is 5.41 Å². The van der Waals surface area contributed by atoms with Crippen molar-refractivity contribution >= 4 is 43.3 Å². The second-order valence-electron chi connectivity index (χ2n) is 12.2. The number of benzene rings is 4. The minimum atomic E-state index is -1.61. The largest absolute Gasteiger partial charge is 0.507 e. The SMILES string of the molecule is CO[C@@H]1[C@H](O)[C@H](O[C@H]2[C@H](Oc3cccc4c(O)c5c(=N)c(=O)c6ccc(C)c7c(=O)oc(c34)c5c67)O[C@H](C)[C@@H](O)[C@@H]2O)O[C@@H](C)[C@H]1O. The zero-order valence-electron chi connectivity index (χ0n) is 25.7. The first-order valence-corrected chi connectivity index (χ1v) is 15.0. The lowest BCUT2D eigenvalue weighted by Gasteiger charge is -2.46. The Balaban J connectivity index is 1.40. The fourth-order valence-corrected chi connectivity index (χ4v) is 6.86. The molecule has 2 aliphatic heterocycles. The first-order chi connectivity index (χ1) is 22.3. The molecular formula is C33H33NO13. The number of aryl methyl sites for hydroxylation is 1. The normalized spacial score (nSPS) is 31.7. The fourth-order valence-electron chi connectivity index (χ4n) is 6.86. The van der Waals surface area contributed by atoms with Crippen LogP contribution in [0.25, 0.3) is 43.3 Å². The van der Waals surface area contributed by atoms with Crippen LogP contribution in [0, 0.1) is 12.3 Å². The predicted molar refractivity (Wildman–Crippen MR) is 165 cm³/mol. The van der Waals surface area contributed by atoms with Crippen LogP contribution in [-0.4, -0.2) is 94.1 Å². The molecule has 4 aromatic carbocycles. The number of hydrogen-bond acceptors (Lipinski definition) is 14. The van der Waals surface area contributed by atoms with Gasteiger partial charge in [0.1, 0.15) is 47.4 Å². The van der Waals surface area contributed by atoms with Gasteiger partial charge in [-0.25, -0.2) is 4.79 Å². The molecule has 248 valence electrons. The van der Waals surface area contributed by atoms with E-state index in [9.17, 15) is 35.1 Å². The van der Waals surface area contributed by atoms with Gasteiger partial charge in [0.05, 0.1) is 28.4 Å². The van der Waals surface area contributed by atoms with Crippen molar-refractivity contribution in [3.8, 4) is 11.5 Å². The van der Waals surface area contributed by atoms with Crippen LogP contribution >= 0.6 is 0 Å². The third kappa shape index (κ3) is 4.59. The highest BCUT2D eigenvalue weighted by molar-refractivity contribution is 6.29. The van der Waals surface area contributed by atoms with E-state index in [0.717, 1.165) is 0 Å². The Hall–Kier alpha value is -3.99. The van der Waals surface area contributed by atoms with Crippen LogP contribution in [0.3, 0.4) is 0 Å². The van der Waals surface area contributed by atoms with E-state index in [1.165, 1.54) is 38.3 Å². The van der Waals surface area contributed by atoms with E-state index in [0.29, 0.717) is 5.56 Å². The minimum Gasteiger partial charge on any atom is -0.507 e. The number of phenols is 1. The van der Waals surface area contributed by atoms with E-state index < -0.39 is 83.6 Å². The molecule has 0 amide bonds. The lowest BCUT2D eigenvalue weighted by Crippen LogP contribution is -2.64. The van der Waals surface area contributed by atoms with Gasteiger partial charge in [0.25, 0.3) is 0 Å². The van der Waals surface area contributed by atoms with Gasteiger partial charge in [-0.1, -0.05) is 24.3 Å². The van der Waals surface area contributed by atoms with Crippen LogP contribution in [0.5, 0.6) is 11.5 Å². The maximum Gasteiger partial charge on any atom is 0.344 e. The predicted octanol–water partition coefficient (Wildman–Crippen LogP) is 0.694. The van der Waals surface area contributed by atoms with Gasteiger partial charge in [0.2, 0.25) is 11.7 Å². The third-order valence-corrected chi connectivity index (χ3v) is 9.38. The number of ether oxygens (including phenoxy) is 5. The number of fused-ring (bicyclic) bond motifs is 2. The number of nitrogens with one attached hydrogen (secondary N) is 1. The van der Waals surface area contributed by atoms with Gasteiger partial charge < -0.3 is 53.6 Å². The summed E-state index contributed by atoms with van der Waals surface area (Å²) in [5, 5.41) is 63.6. The average Bonchev–Trinajstić information content (AvgIpc) is 3.04. The highest BCUT2D eigenvalue weighted by Crippen LogP contribution is 2.45. The summed E-state index contributed by atoms with van der Waals surface area (Å²) in [6, 6.07) is 7.64. The molecule has 1 aromatic heterocycles. The molecule has 0 aliphatic carbocycles. The topological polar surface area (TPSA) is 218 Å². The fraction of sp³-hybridized carbons (Fsp3) is 0.424. The molecule has 10 atom stereocenters. The van der Waals surface area contributed by atoms with E-state index in [1.807, 2.05) is 0 Å². The molecule has 0 bridgehead atoms. The summed E-state index contributed by atoms with van der Waals surface area (Å²) in [6.07, 6.45) is -13.0. The molecule has 14 nitrogen and oxygen atoms in total. The van der Waals surface area contributed by atoms with E-state index in [-0.39, 0.29) is 49.0 Å². The molecule has 2 fully saturated rings. The van der Waals surface area contributed by atoms with Crippen molar-refractivity contribution in [2.45, 2.75) is 82.2 Å². The summed E-state index contributed by atoms with van der Waals surface area (Å²) < 4.78 is 35.0. The zero-order valence-corrected chi connectivity index (χ0v) is 25.7. The van der Waals surface area contributed by atoms with Gasteiger partial charge in [-0.2, -0.15) is 0 Å². The molecule has 5 aromatic rings. The van der Waals surface area contributed by atoms with Gasteiger partial charge in [-0.3, -0.25) is 10.2 Å². The van der Waals surface area contributed by atoms with Gasteiger partial charge in [-0.15, -0.1) is 0 Å². The number of hydrogen-bond donors (Lipinski definition) is 6. The van der Waals surface area contributed by atoms with Crippen molar-refractivity contribution in [2.24, 2.45) is 0 Å². The second kappa shape index (κ2) is 11.3. The highest BCUT2D eigenvalue weighted by Gasteiger charge is 2.50. The molecule has 47 heavy (non-hydrogen) atoms. The maximum atomic E-state index is 13.4. The number of aliphatic hydroxyl groups excluding tert-OH is 4. The van der Waals surface area contributed by atoms with Crippen molar-refractivity contribution in [1.82, 2.24) is 0 Å². The van der Waals surface area contributed by atoms with Crippen molar-refractivity contribution in [3.63, 3.8) is 0 Å². The monoisotopic (exact) mass is 651 g/mol. The molecule has 2 aliphatic rings. The number of methoxy groups -OCH3 is 1. The number of aliphatic hydroxyl groups is 4. The molecule has 0 spiro atoms. The Labute approximate surface area is 265 Å². The summed E-state index contributed by atoms with van der Waals surface area (Å²) >= 11 is 0. The van der Waals surface area contributed by atoms with Gasteiger partial charge in [0.15, 0.2) is 18.0 Å². The van der Waals surface area contributed by atoms with Gasteiger partial charge in [0, 0.05) is 28.7 Å². The molecule has 14 heteroatoms. The quantitative estimate of drug-likeness (QED) is 0.0877. The molecule has 0 radical (unpaired) electrons. The minimum absolute atomic E-state index is 0.00235. The molecular weight excluding hydrogens is 618 g/mol. The Bertz CT molecular complexity index is 2190. The lowest BCUT2D eigenvalue weighted by atomic mass is 9.92. The van der Waals surface area contributed by atoms with Crippen LogP contribution in [0.15, 0.2) is 44.3 Å². The molecule has 2 saturated heterocycles. The average molecular weight is 652 g/mol. The number of phenolic OH excluding ortho intramolecular Hbond substituents is 1. The van der Waals surface area contributed by atoms with Crippen molar-refractivity contribution in [2.75, 3.05) is 7.11 Å². The maximum absolute atomic E-state index is 13.4. The van der Waals surface area contributed by atoms with Crippen LogP contribution < -0.4 is 21.1 Å². The highest BCUT2D eigenvalue weighted by atomic mass is 16.8. The van der Waals surface area contributed by atoms with Crippen LogP contribution in [0.4, 0.5) is 0 Å². The molecule has 0 saturated carbocycles. The Morgan fingerprint density at radius 2 is 1.47 bits per heavy atom. The van der Waals surface area contributed by atoms with E-state index in [1.54, 1.807) is 19.9 Å². The molecule has 7 rings (SSSR count). The number of rotatable bonds is 5. The zero-order chi connectivity index (χ0) is 33.6. The van der Waals surface area contributed by atoms with Crippen LogP contribution in [0.1, 0.15) is 19.4 Å². The third-order valence-electron chi connectivity index (χ3n) is 9.38. The van der Waals surface area contributed by atoms with Gasteiger partial charge in [-0.05, 0) is 32.4 Å². The second-order valence-corrected chi connectivity index (χ2v) is 12.2. The van der Waals surface area contributed by atoms with E-state index in [2.05, 4.69) is 0 Å². The van der Waals surface area contributed by atoms with E-state index in [4.69, 9.17) is 33.5 Å². The van der Waals surface area contributed by atoms with Crippen molar-refractivity contribution < 1.29 is 53.6 Å². The Morgan fingerprint density at radius 1 is 0.766 bits per heavy atom. The van der Waals surface area contributed by atoms with Gasteiger partial charge >= 0.3 is 5.63 Å². The van der Waals surface area contributed by atoms with Crippen molar-refractivity contribution in [3.05, 3.63) is 61.9 Å². The Morgan fingerprint density at radius 3 is 2.19 bits per heavy atom. The summed E-state index contributed by atoms with van der Waals surface area (Å²) in [7, 11) is 1.30. The first kappa shape index (κ1) is 31.6. The number of aromatic hydroxyl groups is 1.